The minimum Gasteiger partial charge on any atom is -0.207 e. The van der Waals surface area contributed by atoms with Crippen molar-refractivity contribution in [2.75, 3.05) is 0 Å². The van der Waals surface area contributed by atoms with E-state index in [9.17, 15) is 4.39 Å². The van der Waals surface area contributed by atoms with Gasteiger partial charge in [-0.05, 0) is 56.2 Å². The summed E-state index contributed by atoms with van der Waals surface area (Å²) in [5.74, 6) is -0.336. The molecule has 12 heavy (non-hydrogen) atoms. The molecule has 0 aliphatic carbocycles. The van der Waals surface area contributed by atoms with Gasteiger partial charge >= 0.3 is 0 Å². The molecule has 0 heterocycles. The molecule has 0 aliphatic heterocycles. The Kier molecular flexibility index (Phi) is 3.53. The molecule has 5 heteroatoms. The maximum Gasteiger partial charge on any atom is 0.125 e. The number of benzene rings is 1. The van der Waals surface area contributed by atoms with Crippen molar-refractivity contribution in [3.05, 3.63) is 26.9 Å². The van der Waals surface area contributed by atoms with E-state index in [1.165, 1.54) is 12.1 Å². The second-order valence-corrected chi connectivity index (χ2v) is 3.81. The molecule has 0 fully saturated rings. The smallest absolute Gasteiger partial charge is 0.125 e. The van der Waals surface area contributed by atoms with Crippen LogP contribution >= 0.6 is 44.1 Å². The molecule has 0 atom stereocenters. The first-order valence-electron chi connectivity index (χ1n) is 2.87. The molecule has 0 unspecified atom stereocenters. The molecule has 1 aromatic rings. The van der Waals surface area contributed by atoms with Crippen molar-refractivity contribution < 1.29 is 4.39 Å². The van der Waals surface area contributed by atoms with Gasteiger partial charge in [-0.1, -0.05) is 0 Å². The van der Waals surface area contributed by atoms with E-state index in [1.54, 1.807) is 0 Å². The van der Waals surface area contributed by atoms with Crippen LogP contribution in [-0.2, 0) is 0 Å². The Morgan fingerprint density at radius 1 is 1.33 bits per heavy atom. The Balaban J connectivity index is 3.37. The van der Waals surface area contributed by atoms with E-state index in [2.05, 4.69) is 54.2 Å². The van der Waals surface area contributed by atoms with Crippen LogP contribution in [0, 0.1) is 5.82 Å². The average Bonchev–Trinajstić information content (AvgIpc) is 1.96. The molecule has 0 aliphatic rings. The molecule has 0 amide bonds. The standard InChI is InChI=1S/C7H2Br2FNS/c8-5-1-4(10)2-6(9)7(5)11-3-12/h1-2H. The third-order valence-corrected chi connectivity index (χ3v) is 2.44. The van der Waals surface area contributed by atoms with E-state index in [-0.39, 0.29) is 5.82 Å². The first-order valence-corrected chi connectivity index (χ1v) is 4.87. The fourth-order valence-electron chi connectivity index (χ4n) is 0.687. The highest BCUT2D eigenvalue weighted by molar-refractivity contribution is 9.11. The summed E-state index contributed by atoms with van der Waals surface area (Å²) in [6.07, 6.45) is 0. The SMILES string of the molecule is Fc1cc(Br)c(N=C=S)c(Br)c1. The summed E-state index contributed by atoms with van der Waals surface area (Å²) >= 11 is 10.7. The van der Waals surface area contributed by atoms with Gasteiger partial charge in [0.05, 0.1) is 5.16 Å². The number of aliphatic imine (C=N–C) groups is 1. The largest absolute Gasteiger partial charge is 0.207 e. The van der Waals surface area contributed by atoms with Crippen LogP contribution in [0.2, 0.25) is 0 Å². The number of rotatable bonds is 1. The van der Waals surface area contributed by atoms with Gasteiger partial charge in [-0.15, -0.1) is 0 Å². The van der Waals surface area contributed by atoms with Crippen molar-refractivity contribution in [3.8, 4) is 0 Å². The van der Waals surface area contributed by atoms with Crippen LogP contribution in [0.5, 0.6) is 0 Å². The predicted molar refractivity (Wildman–Crippen MR) is 56.5 cm³/mol. The van der Waals surface area contributed by atoms with Gasteiger partial charge in [-0.25, -0.2) is 4.39 Å². The van der Waals surface area contributed by atoms with Gasteiger partial charge in [0.1, 0.15) is 11.5 Å². The summed E-state index contributed by atoms with van der Waals surface area (Å²) < 4.78 is 13.8. The third-order valence-electron chi connectivity index (χ3n) is 1.14. The van der Waals surface area contributed by atoms with Gasteiger partial charge in [0.15, 0.2) is 0 Å². The Morgan fingerprint density at radius 2 is 1.83 bits per heavy atom. The zero-order chi connectivity index (χ0) is 9.14. The number of halogens is 3. The fourth-order valence-corrected chi connectivity index (χ4v) is 2.09. The number of isothiocyanates is 1. The summed E-state index contributed by atoms with van der Waals surface area (Å²) in [7, 11) is 0. The molecule has 62 valence electrons. The Bertz CT molecular complexity index is 337. The number of hydrogen-bond acceptors (Lipinski definition) is 2. The lowest BCUT2D eigenvalue weighted by molar-refractivity contribution is 0.626. The molecular formula is C7H2Br2FNS. The van der Waals surface area contributed by atoms with E-state index in [0.29, 0.717) is 14.6 Å². The number of hydrogen-bond donors (Lipinski definition) is 0. The average molecular weight is 311 g/mol. The van der Waals surface area contributed by atoms with Crippen LogP contribution in [0.1, 0.15) is 0 Å². The lowest BCUT2D eigenvalue weighted by Gasteiger charge is -1.99. The monoisotopic (exact) mass is 309 g/mol. The second-order valence-electron chi connectivity index (χ2n) is 1.92. The van der Waals surface area contributed by atoms with Crippen LogP contribution in [-0.4, -0.2) is 5.16 Å². The third kappa shape index (κ3) is 2.20. The minimum absolute atomic E-state index is 0.336. The minimum atomic E-state index is -0.336. The molecule has 0 radical (unpaired) electrons. The summed E-state index contributed by atoms with van der Waals surface area (Å²) in [6, 6.07) is 2.63. The van der Waals surface area contributed by atoms with Crippen molar-refractivity contribution in [1.29, 1.82) is 0 Å². The summed E-state index contributed by atoms with van der Waals surface area (Å²) in [4.78, 5) is 3.75. The molecule has 1 rings (SSSR count). The van der Waals surface area contributed by atoms with Crippen molar-refractivity contribution >= 4 is 54.9 Å². The maximum atomic E-state index is 12.7. The van der Waals surface area contributed by atoms with Crippen LogP contribution in [0.4, 0.5) is 10.1 Å². The zero-order valence-electron chi connectivity index (χ0n) is 5.64. The fraction of sp³-hybridized carbons (Fsp3) is 0. The quantitative estimate of drug-likeness (QED) is 0.562. The van der Waals surface area contributed by atoms with Crippen LogP contribution in [0.3, 0.4) is 0 Å². The normalized spacial score (nSPS) is 9.25. The Morgan fingerprint density at radius 3 is 2.25 bits per heavy atom. The van der Waals surface area contributed by atoms with Crippen molar-refractivity contribution in [3.63, 3.8) is 0 Å². The molecular weight excluding hydrogens is 309 g/mol. The second kappa shape index (κ2) is 4.23. The lowest BCUT2D eigenvalue weighted by Crippen LogP contribution is -1.76. The number of thiocarbonyl (C=S) groups is 1. The van der Waals surface area contributed by atoms with Crippen LogP contribution in [0.25, 0.3) is 0 Å². The first kappa shape index (κ1) is 9.99. The van der Waals surface area contributed by atoms with Crippen LogP contribution < -0.4 is 0 Å². The van der Waals surface area contributed by atoms with E-state index < -0.39 is 0 Å². The van der Waals surface area contributed by atoms with E-state index in [0.717, 1.165) is 0 Å². The highest BCUT2D eigenvalue weighted by atomic mass is 79.9. The molecule has 0 aromatic heterocycles. The van der Waals surface area contributed by atoms with Crippen LogP contribution in [0.15, 0.2) is 26.1 Å². The number of nitrogens with zero attached hydrogens (tertiary/aromatic N) is 1. The highest BCUT2D eigenvalue weighted by Crippen LogP contribution is 2.33. The van der Waals surface area contributed by atoms with Crippen molar-refractivity contribution in [2.45, 2.75) is 0 Å². The first-order chi connectivity index (χ1) is 5.65. The topological polar surface area (TPSA) is 12.4 Å². The highest BCUT2D eigenvalue weighted by Gasteiger charge is 2.05. The Hall–Kier alpha value is -0.0900. The van der Waals surface area contributed by atoms with E-state index >= 15 is 0 Å². The van der Waals surface area contributed by atoms with E-state index in [1.807, 2.05) is 0 Å². The molecule has 1 aromatic carbocycles. The van der Waals surface area contributed by atoms with Gasteiger partial charge in [-0.3, -0.25) is 0 Å². The van der Waals surface area contributed by atoms with Gasteiger partial charge in [0.2, 0.25) is 0 Å². The molecule has 0 spiro atoms. The molecule has 1 nitrogen and oxygen atoms in total. The molecule has 0 saturated carbocycles. The summed E-state index contributed by atoms with van der Waals surface area (Å²) in [6.45, 7) is 0. The molecule has 0 N–H and O–H groups in total. The van der Waals surface area contributed by atoms with Gasteiger partial charge in [0.25, 0.3) is 0 Å². The van der Waals surface area contributed by atoms with Gasteiger partial charge < -0.3 is 0 Å². The summed E-state index contributed by atoms with van der Waals surface area (Å²) in [5, 5.41) is 2.21. The Labute approximate surface area is 91.0 Å². The molecule has 0 bridgehead atoms. The van der Waals surface area contributed by atoms with Crippen molar-refractivity contribution in [2.24, 2.45) is 4.99 Å². The maximum absolute atomic E-state index is 12.7. The molecule has 0 saturated heterocycles. The predicted octanol–water partition coefficient (Wildman–Crippen LogP) is 4.09. The van der Waals surface area contributed by atoms with Gasteiger partial charge in [0, 0.05) is 8.95 Å². The van der Waals surface area contributed by atoms with Gasteiger partial charge in [-0.2, -0.15) is 4.99 Å². The lowest BCUT2D eigenvalue weighted by atomic mass is 10.3. The van der Waals surface area contributed by atoms with E-state index in [4.69, 9.17) is 0 Å². The summed E-state index contributed by atoms with van der Waals surface area (Å²) in [5.41, 5.74) is 0.548. The zero-order valence-corrected chi connectivity index (χ0v) is 9.63. The van der Waals surface area contributed by atoms with Crippen molar-refractivity contribution in [1.82, 2.24) is 0 Å².